The summed E-state index contributed by atoms with van der Waals surface area (Å²) in [5.41, 5.74) is 0. The van der Waals surface area contributed by atoms with E-state index in [1.807, 2.05) is 7.05 Å². The third-order valence-corrected chi connectivity index (χ3v) is 1.30. The fraction of sp³-hybridized carbons (Fsp3) is 1.00. The molecule has 0 bridgehead atoms. The molecule has 2 N–H and O–H groups in total. The lowest BCUT2D eigenvalue weighted by molar-refractivity contribution is 0.137. The summed E-state index contributed by atoms with van der Waals surface area (Å²) in [5, 5.41) is 6.30. The molecule has 0 rings (SSSR count). The van der Waals surface area contributed by atoms with Gasteiger partial charge < -0.3 is 15.4 Å². The highest BCUT2D eigenvalue weighted by Crippen LogP contribution is 1.76. The zero-order valence-electron chi connectivity index (χ0n) is 7.81. The monoisotopic (exact) mass is 162 g/mol. The van der Waals surface area contributed by atoms with Crippen LogP contribution in [-0.2, 0) is 4.74 Å². The molecule has 0 spiro atoms. The first kappa shape index (κ1) is 10.9. The number of likely N-dealkylation sites (N-methyl/N-ethyl adjacent to an activating group) is 1. The topological polar surface area (TPSA) is 33.3 Å². The minimum absolute atomic E-state index is 0. The zero-order chi connectivity index (χ0) is 8.53. The molecule has 0 radical (unpaired) electrons. The van der Waals surface area contributed by atoms with Crippen LogP contribution in [0.5, 0.6) is 0 Å². The summed E-state index contributed by atoms with van der Waals surface area (Å²) in [6.45, 7) is 7.75. The molecule has 0 atom stereocenters. The molecule has 0 aliphatic carbocycles. The van der Waals surface area contributed by atoms with Crippen molar-refractivity contribution in [3.8, 4) is 0 Å². The van der Waals surface area contributed by atoms with Crippen molar-refractivity contribution in [1.82, 2.24) is 10.6 Å². The average molecular weight is 162 g/mol. The normalized spacial score (nSPS) is 10.9. The predicted octanol–water partition coefficient (Wildman–Crippen LogP) is 0.466. The molecule has 0 aromatic rings. The Morgan fingerprint density at radius 3 is 2.45 bits per heavy atom. The van der Waals surface area contributed by atoms with Crippen LogP contribution < -0.4 is 10.6 Å². The van der Waals surface area contributed by atoms with Gasteiger partial charge in [0.25, 0.3) is 0 Å². The van der Waals surface area contributed by atoms with Gasteiger partial charge in [0.1, 0.15) is 0 Å². The molecule has 70 valence electrons. The Balaban J connectivity index is 0. The van der Waals surface area contributed by atoms with Gasteiger partial charge in [-0.05, 0) is 7.05 Å². The highest BCUT2D eigenvalue weighted by Gasteiger charge is 1.90. The van der Waals surface area contributed by atoms with E-state index in [2.05, 4.69) is 24.5 Å². The molecular formula is C8H22N2O. The maximum Gasteiger partial charge on any atom is 0.0591 e. The summed E-state index contributed by atoms with van der Waals surface area (Å²) in [5.74, 6) is 0. The Hall–Kier alpha value is -0.120. The van der Waals surface area contributed by atoms with Gasteiger partial charge >= 0.3 is 0 Å². The summed E-state index contributed by atoms with van der Waals surface area (Å²) >= 11 is 0. The van der Waals surface area contributed by atoms with E-state index in [0.717, 1.165) is 26.3 Å². The van der Waals surface area contributed by atoms with Crippen LogP contribution in [0.2, 0.25) is 0 Å². The Bertz CT molecular complexity index is 81.5. The zero-order valence-corrected chi connectivity index (χ0v) is 7.81. The van der Waals surface area contributed by atoms with Gasteiger partial charge in [-0.3, -0.25) is 0 Å². The second-order valence-electron chi connectivity index (χ2n) is 2.82. The molecule has 0 saturated carbocycles. The molecular weight excluding hydrogens is 140 g/mol. The minimum atomic E-state index is 0. The predicted molar refractivity (Wildman–Crippen MR) is 50.0 cm³/mol. The van der Waals surface area contributed by atoms with Gasteiger partial charge in [-0.25, -0.2) is 0 Å². The van der Waals surface area contributed by atoms with Crippen LogP contribution in [0.1, 0.15) is 15.3 Å². The lowest BCUT2D eigenvalue weighted by atomic mass is 10.4. The van der Waals surface area contributed by atoms with Crippen molar-refractivity contribution in [1.29, 1.82) is 0 Å². The molecule has 0 heterocycles. The molecule has 0 saturated heterocycles. The number of hydrogen-bond acceptors (Lipinski definition) is 3. The number of nitrogens with one attached hydrogen (secondary N) is 2. The van der Waals surface area contributed by atoms with Crippen molar-refractivity contribution in [3.63, 3.8) is 0 Å². The fourth-order valence-corrected chi connectivity index (χ4v) is 0.696. The van der Waals surface area contributed by atoms with Crippen molar-refractivity contribution >= 4 is 0 Å². The maximum absolute atomic E-state index is 5.30. The van der Waals surface area contributed by atoms with Crippen LogP contribution in [0, 0.1) is 0 Å². The SMILES string of the molecule is CNCCOCCNC(C)C.[HH]. The molecule has 0 unspecified atom stereocenters. The number of rotatable bonds is 7. The summed E-state index contributed by atoms with van der Waals surface area (Å²) in [4.78, 5) is 0. The first-order valence-electron chi connectivity index (χ1n) is 4.23. The molecule has 0 fully saturated rings. The summed E-state index contributed by atoms with van der Waals surface area (Å²) in [6, 6.07) is 0.558. The minimum Gasteiger partial charge on any atom is -0.379 e. The third-order valence-electron chi connectivity index (χ3n) is 1.30. The van der Waals surface area contributed by atoms with Crippen molar-refractivity contribution in [2.45, 2.75) is 19.9 Å². The van der Waals surface area contributed by atoms with Crippen LogP contribution in [-0.4, -0.2) is 39.4 Å². The van der Waals surface area contributed by atoms with Gasteiger partial charge in [0, 0.05) is 20.6 Å². The quantitative estimate of drug-likeness (QED) is 0.534. The molecule has 0 aliphatic heterocycles. The molecule has 0 aromatic carbocycles. The van der Waals surface area contributed by atoms with Crippen molar-refractivity contribution in [3.05, 3.63) is 0 Å². The first-order chi connectivity index (χ1) is 5.27. The molecule has 3 heteroatoms. The smallest absolute Gasteiger partial charge is 0.0591 e. The standard InChI is InChI=1S/C8H20N2O.H2/c1-8(2)10-5-7-11-6-4-9-3;/h8-10H,4-7H2,1-3H3;1H. The number of ether oxygens (including phenoxy) is 1. The molecule has 0 amide bonds. The Morgan fingerprint density at radius 1 is 1.27 bits per heavy atom. The van der Waals surface area contributed by atoms with Crippen LogP contribution >= 0.6 is 0 Å². The van der Waals surface area contributed by atoms with Gasteiger partial charge in [0.05, 0.1) is 13.2 Å². The van der Waals surface area contributed by atoms with Crippen molar-refractivity contribution < 1.29 is 6.16 Å². The van der Waals surface area contributed by atoms with Crippen molar-refractivity contribution in [2.24, 2.45) is 0 Å². The van der Waals surface area contributed by atoms with E-state index in [4.69, 9.17) is 4.74 Å². The largest absolute Gasteiger partial charge is 0.379 e. The highest BCUT2D eigenvalue weighted by molar-refractivity contribution is 4.50. The highest BCUT2D eigenvalue weighted by atomic mass is 16.5. The Labute approximate surface area is 71.0 Å². The molecule has 11 heavy (non-hydrogen) atoms. The van der Waals surface area contributed by atoms with Crippen LogP contribution in [0.15, 0.2) is 0 Å². The van der Waals surface area contributed by atoms with E-state index >= 15 is 0 Å². The van der Waals surface area contributed by atoms with E-state index in [-0.39, 0.29) is 1.43 Å². The second kappa shape index (κ2) is 7.98. The van der Waals surface area contributed by atoms with E-state index in [1.54, 1.807) is 0 Å². The Morgan fingerprint density at radius 2 is 1.91 bits per heavy atom. The van der Waals surface area contributed by atoms with Crippen LogP contribution in [0.25, 0.3) is 0 Å². The van der Waals surface area contributed by atoms with E-state index in [1.165, 1.54) is 0 Å². The van der Waals surface area contributed by atoms with Gasteiger partial charge in [-0.15, -0.1) is 0 Å². The summed E-state index contributed by atoms with van der Waals surface area (Å²) < 4.78 is 5.30. The van der Waals surface area contributed by atoms with Crippen LogP contribution in [0.3, 0.4) is 0 Å². The lowest BCUT2D eigenvalue weighted by Crippen LogP contribution is -2.27. The van der Waals surface area contributed by atoms with Gasteiger partial charge in [0.2, 0.25) is 0 Å². The summed E-state index contributed by atoms with van der Waals surface area (Å²) in [7, 11) is 1.93. The molecule has 0 aliphatic rings. The molecule has 3 nitrogen and oxygen atoms in total. The summed E-state index contributed by atoms with van der Waals surface area (Å²) in [6.07, 6.45) is 0. The second-order valence-corrected chi connectivity index (χ2v) is 2.82. The van der Waals surface area contributed by atoms with E-state index in [0.29, 0.717) is 6.04 Å². The maximum atomic E-state index is 5.30. The fourth-order valence-electron chi connectivity index (χ4n) is 0.696. The van der Waals surface area contributed by atoms with E-state index in [9.17, 15) is 0 Å². The first-order valence-corrected chi connectivity index (χ1v) is 4.23. The van der Waals surface area contributed by atoms with Gasteiger partial charge in [0.15, 0.2) is 0 Å². The van der Waals surface area contributed by atoms with Gasteiger partial charge in [-0.2, -0.15) is 0 Å². The molecule has 0 aromatic heterocycles. The third kappa shape index (κ3) is 9.88. The van der Waals surface area contributed by atoms with Gasteiger partial charge in [-0.1, -0.05) is 13.8 Å². The van der Waals surface area contributed by atoms with E-state index < -0.39 is 0 Å². The lowest BCUT2D eigenvalue weighted by Gasteiger charge is -2.07. The number of hydrogen-bond donors (Lipinski definition) is 2. The Kier molecular flexibility index (Phi) is 7.89. The average Bonchev–Trinajstić information content (AvgIpc) is 1.96. The van der Waals surface area contributed by atoms with Crippen LogP contribution in [0.4, 0.5) is 0 Å². The van der Waals surface area contributed by atoms with Crippen molar-refractivity contribution in [2.75, 3.05) is 33.4 Å².